The highest BCUT2D eigenvalue weighted by atomic mass is 16.5. The van der Waals surface area contributed by atoms with Crippen LogP contribution in [0.5, 0.6) is 0 Å². The highest BCUT2D eigenvalue weighted by Gasteiger charge is 2.25. The fraction of sp³-hybridized carbons (Fsp3) is 0.433. The molecule has 3 atom stereocenters. The van der Waals surface area contributed by atoms with Crippen molar-refractivity contribution >= 4 is 17.8 Å². The number of hydrogen-bond acceptors (Lipinski definition) is 5. The van der Waals surface area contributed by atoms with E-state index in [0.29, 0.717) is 25.7 Å². The van der Waals surface area contributed by atoms with E-state index in [1.54, 1.807) is 0 Å². The third-order valence-electron chi connectivity index (χ3n) is 6.42. The van der Waals surface area contributed by atoms with Gasteiger partial charge in [0.25, 0.3) is 0 Å². The van der Waals surface area contributed by atoms with Crippen LogP contribution < -0.4 is 10.6 Å². The van der Waals surface area contributed by atoms with Gasteiger partial charge in [-0.25, -0.2) is 0 Å². The van der Waals surface area contributed by atoms with E-state index in [4.69, 9.17) is 4.74 Å². The number of carbonyl (C=O) groups excluding carboxylic acids is 3. The molecule has 3 N–H and O–H groups in total. The second-order valence-corrected chi connectivity index (χ2v) is 9.57. The van der Waals surface area contributed by atoms with Crippen molar-refractivity contribution in [1.82, 2.24) is 10.6 Å². The van der Waals surface area contributed by atoms with Gasteiger partial charge in [0.05, 0.1) is 24.6 Å². The van der Waals surface area contributed by atoms with E-state index < -0.39 is 18.0 Å². The summed E-state index contributed by atoms with van der Waals surface area (Å²) in [5.74, 6) is -1.38. The normalized spacial score (nSPS) is 20.2. The molecule has 0 radical (unpaired) electrons. The number of allylic oxidation sites excluding steroid dienone is 2. The standard InChI is InChI=1S/C30H38N2O5/c33-21-26(18-23-12-6-4-7-13-23)31-28(34)20-25-16-10-2-1-3-11-17-29(35)37-22-27(32-30(25)36)19-24-14-8-5-9-15-24/h2,4-10,12-15,25-27,33H,1,3,11,16-22H2,(H,31,34)(H,32,36)/t25-,26+,27-/m1/s1. The Morgan fingerprint density at radius 2 is 1.70 bits per heavy atom. The number of aliphatic hydroxyl groups excluding tert-OH is 1. The van der Waals surface area contributed by atoms with Crippen molar-refractivity contribution in [2.24, 2.45) is 5.92 Å². The first kappa shape index (κ1) is 28.1. The summed E-state index contributed by atoms with van der Waals surface area (Å²) in [5, 5.41) is 15.7. The minimum Gasteiger partial charge on any atom is -0.463 e. The number of aliphatic hydroxyl groups is 1. The van der Waals surface area contributed by atoms with Gasteiger partial charge >= 0.3 is 5.97 Å². The summed E-state index contributed by atoms with van der Waals surface area (Å²) >= 11 is 0. The number of esters is 1. The quantitative estimate of drug-likeness (QED) is 0.376. The number of hydrogen-bond donors (Lipinski definition) is 3. The van der Waals surface area contributed by atoms with Gasteiger partial charge < -0.3 is 20.5 Å². The molecular formula is C30H38N2O5. The first-order chi connectivity index (χ1) is 18.0. The lowest BCUT2D eigenvalue weighted by Gasteiger charge is -2.23. The molecule has 0 bridgehead atoms. The van der Waals surface area contributed by atoms with Crippen molar-refractivity contribution in [3.05, 3.63) is 83.9 Å². The van der Waals surface area contributed by atoms with Crippen LogP contribution in [0.25, 0.3) is 0 Å². The molecule has 2 aromatic carbocycles. The summed E-state index contributed by atoms with van der Waals surface area (Å²) in [6.07, 6.45) is 8.15. The van der Waals surface area contributed by atoms with E-state index in [1.807, 2.05) is 72.8 Å². The number of nitrogens with one attached hydrogen (secondary N) is 2. The molecule has 7 nitrogen and oxygen atoms in total. The van der Waals surface area contributed by atoms with Crippen LogP contribution in [-0.2, 0) is 32.0 Å². The van der Waals surface area contributed by atoms with E-state index in [1.165, 1.54) is 0 Å². The van der Waals surface area contributed by atoms with Crippen molar-refractivity contribution in [3.63, 3.8) is 0 Å². The zero-order valence-electron chi connectivity index (χ0n) is 21.3. The lowest BCUT2D eigenvalue weighted by molar-refractivity contribution is -0.145. The summed E-state index contributed by atoms with van der Waals surface area (Å²) in [6, 6.07) is 18.5. The van der Waals surface area contributed by atoms with Crippen LogP contribution in [0.4, 0.5) is 0 Å². The summed E-state index contributed by atoms with van der Waals surface area (Å²) in [6.45, 7) is -0.111. The molecule has 0 saturated carbocycles. The summed E-state index contributed by atoms with van der Waals surface area (Å²) < 4.78 is 5.48. The van der Waals surface area contributed by atoms with Gasteiger partial charge in [-0.15, -0.1) is 0 Å². The van der Waals surface area contributed by atoms with Crippen molar-refractivity contribution in [3.8, 4) is 0 Å². The SMILES string of the molecule is O=C(C[C@H]1CC=CCCCCC(=O)OC[C@@H](Cc2ccccc2)NC1=O)N[C@H](CO)Cc1ccccc1. The maximum absolute atomic E-state index is 13.3. The molecule has 1 heterocycles. The third-order valence-corrected chi connectivity index (χ3v) is 6.42. The zero-order chi connectivity index (χ0) is 26.3. The first-order valence-corrected chi connectivity index (χ1v) is 13.1. The molecule has 2 amide bonds. The molecule has 0 aromatic heterocycles. The minimum absolute atomic E-state index is 0.000687. The van der Waals surface area contributed by atoms with E-state index in [-0.39, 0.29) is 37.4 Å². The second-order valence-electron chi connectivity index (χ2n) is 9.57. The average molecular weight is 507 g/mol. The van der Waals surface area contributed by atoms with E-state index in [2.05, 4.69) is 10.6 Å². The van der Waals surface area contributed by atoms with Crippen molar-refractivity contribution < 1.29 is 24.2 Å². The largest absolute Gasteiger partial charge is 0.463 e. The molecule has 198 valence electrons. The smallest absolute Gasteiger partial charge is 0.305 e. The van der Waals surface area contributed by atoms with Crippen LogP contribution in [0.3, 0.4) is 0 Å². The van der Waals surface area contributed by atoms with Crippen LogP contribution in [0.1, 0.15) is 49.7 Å². The van der Waals surface area contributed by atoms with Crippen molar-refractivity contribution in [1.29, 1.82) is 0 Å². The summed E-state index contributed by atoms with van der Waals surface area (Å²) in [4.78, 5) is 38.4. The molecule has 0 spiro atoms. The Balaban J connectivity index is 1.68. The lowest BCUT2D eigenvalue weighted by Crippen LogP contribution is -2.45. The average Bonchev–Trinajstić information content (AvgIpc) is 2.90. The molecule has 7 heteroatoms. The van der Waals surface area contributed by atoms with Crippen LogP contribution in [0.2, 0.25) is 0 Å². The van der Waals surface area contributed by atoms with Gasteiger partial charge in [0.1, 0.15) is 6.61 Å². The molecular weight excluding hydrogens is 468 g/mol. The van der Waals surface area contributed by atoms with E-state index >= 15 is 0 Å². The van der Waals surface area contributed by atoms with Gasteiger partial charge in [-0.3, -0.25) is 14.4 Å². The Hall–Kier alpha value is -3.45. The molecule has 37 heavy (non-hydrogen) atoms. The van der Waals surface area contributed by atoms with Gasteiger partial charge in [0.15, 0.2) is 0 Å². The fourth-order valence-electron chi connectivity index (χ4n) is 4.40. The maximum Gasteiger partial charge on any atom is 0.305 e. The highest BCUT2D eigenvalue weighted by molar-refractivity contribution is 5.86. The molecule has 0 fully saturated rings. The minimum atomic E-state index is -0.579. The molecule has 1 aliphatic heterocycles. The molecule has 1 aliphatic rings. The lowest BCUT2D eigenvalue weighted by atomic mass is 9.97. The Kier molecular flexibility index (Phi) is 11.9. The van der Waals surface area contributed by atoms with Gasteiger partial charge in [-0.05, 0) is 49.7 Å². The predicted molar refractivity (Wildman–Crippen MR) is 143 cm³/mol. The number of benzene rings is 2. The molecule has 3 rings (SSSR count). The van der Waals surface area contributed by atoms with E-state index in [9.17, 15) is 19.5 Å². The molecule has 0 saturated heterocycles. The Morgan fingerprint density at radius 1 is 1.00 bits per heavy atom. The summed E-state index contributed by atoms with van der Waals surface area (Å²) in [7, 11) is 0. The number of rotatable bonds is 8. The van der Waals surface area contributed by atoms with Crippen LogP contribution in [0, 0.1) is 5.92 Å². The van der Waals surface area contributed by atoms with Gasteiger partial charge in [-0.2, -0.15) is 0 Å². The number of cyclic esters (lactones) is 1. The second kappa shape index (κ2) is 15.6. The molecule has 0 aliphatic carbocycles. The number of amides is 2. The summed E-state index contributed by atoms with van der Waals surface area (Å²) in [5.41, 5.74) is 2.03. The van der Waals surface area contributed by atoms with Gasteiger partial charge in [0.2, 0.25) is 11.8 Å². The fourth-order valence-corrected chi connectivity index (χ4v) is 4.40. The highest BCUT2D eigenvalue weighted by Crippen LogP contribution is 2.15. The van der Waals surface area contributed by atoms with Crippen LogP contribution in [-0.4, -0.2) is 48.2 Å². The zero-order valence-corrected chi connectivity index (χ0v) is 21.3. The van der Waals surface area contributed by atoms with Crippen molar-refractivity contribution in [2.75, 3.05) is 13.2 Å². The Labute approximate surface area is 219 Å². The predicted octanol–water partition coefficient (Wildman–Crippen LogP) is 3.50. The topological polar surface area (TPSA) is 105 Å². The van der Waals surface area contributed by atoms with Crippen LogP contribution >= 0.6 is 0 Å². The Bertz CT molecular complexity index is 1010. The monoisotopic (exact) mass is 506 g/mol. The van der Waals surface area contributed by atoms with Gasteiger partial charge in [-0.1, -0.05) is 72.8 Å². The van der Waals surface area contributed by atoms with Gasteiger partial charge in [0, 0.05) is 12.8 Å². The maximum atomic E-state index is 13.3. The molecule has 0 unspecified atom stereocenters. The van der Waals surface area contributed by atoms with Crippen molar-refractivity contribution in [2.45, 2.75) is 63.5 Å². The Morgan fingerprint density at radius 3 is 2.41 bits per heavy atom. The molecule has 2 aromatic rings. The van der Waals surface area contributed by atoms with E-state index in [0.717, 1.165) is 30.4 Å². The van der Waals surface area contributed by atoms with Crippen LogP contribution in [0.15, 0.2) is 72.8 Å². The number of carbonyl (C=O) groups is 3. The first-order valence-electron chi connectivity index (χ1n) is 13.1. The number of ether oxygens (including phenoxy) is 1. The third kappa shape index (κ3) is 10.6.